The van der Waals surface area contributed by atoms with Crippen LogP contribution in [0.1, 0.15) is 26.2 Å². The third-order valence-corrected chi connectivity index (χ3v) is 2.46. The van der Waals surface area contributed by atoms with Crippen LogP contribution in [0.4, 0.5) is 0 Å². The molecule has 11 heavy (non-hydrogen) atoms. The van der Waals surface area contributed by atoms with Gasteiger partial charge in [0.05, 0.1) is 12.0 Å². The maximum atomic E-state index is 10.6. The van der Waals surface area contributed by atoms with E-state index in [1.165, 1.54) is 0 Å². The lowest BCUT2D eigenvalue weighted by atomic mass is 9.79. The number of rotatable bonds is 1. The first-order valence-corrected chi connectivity index (χ1v) is 4.02. The molecule has 1 rings (SSSR count). The minimum Gasteiger partial charge on any atom is -0.481 e. The highest BCUT2D eigenvalue weighted by Gasteiger charge is 2.30. The quantitative estimate of drug-likeness (QED) is 0.595. The number of aliphatic carboxylic acids is 1. The Kier molecular flexibility index (Phi) is 2.49. The zero-order chi connectivity index (χ0) is 8.43. The summed E-state index contributed by atoms with van der Waals surface area (Å²) in [6.45, 7) is 1.89. The summed E-state index contributed by atoms with van der Waals surface area (Å²) in [4.78, 5) is 10.6. The van der Waals surface area contributed by atoms with Gasteiger partial charge in [-0.3, -0.25) is 4.79 Å². The molecule has 0 aromatic rings. The van der Waals surface area contributed by atoms with E-state index in [1.807, 2.05) is 6.92 Å². The van der Waals surface area contributed by atoms with Crippen LogP contribution in [0.5, 0.6) is 0 Å². The fourth-order valence-corrected chi connectivity index (χ4v) is 1.73. The lowest BCUT2D eigenvalue weighted by Crippen LogP contribution is -2.30. The fraction of sp³-hybridized carbons (Fsp3) is 0.875. The van der Waals surface area contributed by atoms with Crippen LogP contribution in [0.15, 0.2) is 0 Å². The zero-order valence-corrected chi connectivity index (χ0v) is 6.66. The Morgan fingerprint density at radius 3 is 2.55 bits per heavy atom. The fourth-order valence-electron chi connectivity index (χ4n) is 1.73. The molecule has 0 aromatic carbocycles. The van der Waals surface area contributed by atoms with Gasteiger partial charge in [0.2, 0.25) is 0 Å². The van der Waals surface area contributed by atoms with E-state index in [9.17, 15) is 9.90 Å². The molecule has 0 aromatic heterocycles. The molecule has 0 radical (unpaired) electrons. The van der Waals surface area contributed by atoms with Crippen molar-refractivity contribution >= 4 is 5.97 Å². The van der Waals surface area contributed by atoms with Crippen molar-refractivity contribution in [2.75, 3.05) is 0 Å². The molecule has 64 valence electrons. The second kappa shape index (κ2) is 3.22. The van der Waals surface area contributed by atoms with Crippen molar-refractivity contribution < 1.29 is 15.0 Å². The van der Waals surface area contributed by atoms with Crippen LogP contribution in [-0.2, 0) is 4.79 Å². The van der Waals surface area contributed by atoms with Crippen LogP contribution < -0.4 is 0 Å². The molecule has 3 nitrogen and oxygen atoms in total. The van der Waals surface area contributed by atoms with E-state index in [-0.39, 0.29) is 17.9 Å². The minimum atomic E-state index is -0.718. The van der Waals surface area contributed by atoms with Crippen molar-refractivity contribution in [3.05, 3.63) is 0 Å². The Balaban J connectivity index is 2.50. The van der Waals surface area contributed by atoms with Gasteiger partial charge in [0, 0.05) is 0 Å². The Labute approximate surface area is 66.0 Å². The average molecular weight is 158 g/mol. The van der Waals surface area contributed by atoms with Crippen LogP contribution in [0.3, 0.4) is 0 Å². The van der Waals surface area contributed by atoms with E-state index in [4.69, 9.17) is 5.11 Å². The summed E-state index contributed by atoms with van der Waals surface area (Å²) in [5.41, 5.74) is 0. The number of hydrogen-bond donors (Lipinski definition) is 2. The summed E-state index contributed by atoms with van der Waals surface area (Å²) in [6.07, 6.45) is 1.62. The molecule has 0 heterocycles. The van der Waals surface area contributed by atoms with Crippen molar-refractivity contribution in [1.29, 1.82) is 0 Å². The van der Waals surface area contributed by atoms with Crippen LogP contribution in [-0.4, -0.2) is 22.3 Å². The van der Waals surface area contributed by atoms with E-state index in [1.54, 1.807) is 0 Å². The number of carboxylic acid groups (broad SMARTS) is 1. The number of hydrogen-bond acceptors (Lipinski definition) is 2. The van der Waals surface area contributed by atoms with E-state index >= 15 is 0 Å². The smallest absolute Gasteiger partial charge is 0.306 e. The summed E-state index contributed by atoms with van der Waals surface area (Å²) in [7, 11) is 0. The topological polar surface area (TPSA) is 57.5 Å². The molecule has 1 aliphatic rings. The van der Waals surface area contributed by atoms with E-state index < -0.39 is 5.97 Å². The molecule has 1 fully saturated rings. The predicted octanol–water partition coefficient (Wildman–Crippen LogP) is 0.868. The van der Waals surface area contributed by atoms with Crippen molar-refractivity contribution in [3.63, 3.8) is 0 Å². The van der Waals surface area contributed by atoms with Gasteiger partial charge in [-0.05, 0) is 25.2 Å². The van der Waals surface area contributed by atoms with E-state index in [0.29, 0.717) is 19.3 Å². The third kappa shape index (κ3) is 1.93. The summed E-state index contributed by atoms with van der Waals surface area (Å²) in [5, 5.41) is 17.9. The van der Waals surface area contributed by atoms with Gasteiger partial charge in [0.1, 0.15) is 0 Å². The molecular formula is C8H14O3. The number of carbonyl (C=O) groups is 1. The molecular weight excluding hydrogens is 144 g/mol. The van der Waals surface area contributed by atoms with Gasteiger partial charge in [0.25, 0.3) is 0 Å². The monoisotopic (exact) mass is 158 g/mol. The summed E-state index contributed by atoms with van der Waals surface area (Å²) in [5.74, 6) is -0.834. The number of aliphatic hydroxyl groups excluding tert-OH is 1. The van der Waals surface area contributed by atoms with Gasteiger partial charge in [-0.25, -0.2) is 0 Å². The molecule has 0 spiro atoms. The molecule has 0 aliphatic heterocycles. The van der Waals surface area contributed by atoms with Crippen LogP contribution in [0, 0.1) is 11.8 Å². The van der Waals surface area contributed by atoms with Crippen molar-refractivity contribution in [2.45, 2.75) is 32.3 Å². The first-order valence-electron chi connectivity index (χ1n) is 4.02. The Morgan fingerprint density at radius 1 is 1.45 bits per heavy atom. The average Bonchev–Trinajstić information content (AvgIpc) is 1.85. The van der Waals surface area contributed by atoms with Crippen molar-refractivity contribution in [1.82, 2.24) is 0 Å². The summed E-state index contributed by atoms with van der Waals surface area (Å²) in [6, 6.07) is 0. The molecule has 0 bridgehead atoms. The maximum absolute atomic E-state index is 10.6. The van der Waals surface area contributed by atoms with Gasteiger partial charge in [-0.15, -0.1) is 0 Å². The highest BCUT2D eigenvalue weighted by molar-refractivity contribution is 5.70. The zero-order valence-electron chi connectivity index (χ0n) is 6.66. The maximum Gasteiger partial charge on any atom is 0.306 e. The van der Waals surface area contributed by atoms with Gasteiger partial charge in [-0.1, -0.05) is 6.92 Å². The van der Waals surface area contributed by atoms with E-state index in [2.05, 4.69) is 0 Å². The van der Waals surface area contributed by atoms with Crippen molar-refractivity contribution in [3.8, 4) is 0 Å². The number of carboxylic acids is 1. The molecule has 0 amide bonds. The van der Waals surface area contributed by atoms with Gasteiger partial charge < -0.3 is 10.2 Å². The first kappa shape index (κ1) is 8.53. The largest absolute Gasteiger partial charge is 0.481 e. The van der Waals surface area contributed by atoms with Crippen LogP contribution in [0.2, 0.25) is 0 Å². The minimum absolute atomic E-state index is 0.122. The van der Waals surface area contributed by atoms with Crippen molar-refractivity contribution in [2.24, 2.45) is 11.8 Å². The molecule has 0 saturated heterocycles. The SMILES string of the molecule is C[C@H]1CC(O)CC[C@@H]1C(=O)O. The van der Waals surface area contributed by atoms with Gasteiger partial charge in [-0.2, -0.15) is 0 Å². The molecule has 3 atom stereocenters. The Bertz CT molecular complexity index is 155. The third-order valence-electron chi connectivity index (χ3n) is 2.46. The molecule has 3 heteroatoms. The van der Waals surface area contributed by atoms with Gasteiger partial charge >= 0.3 is 5.97 Å². The molecule has 2 N–H and O–H groups in total. The second-order valence-corrected chi connectivity index (χ2v) is 3.39. The summed E-state index contributed by atoms with van der Waals surface area (Å²) >= 11 is 0. The normalized spacial score (nSPS) is 38.5. The molecule has 1 saturated carbocycles. The van der Waals surface area contributed by atoms with E-state index in [0.717, 1.165) is 0 Å². The predicted molar refractivity (Wildman–Crippen MR) is 40.1 cm³/mol. The molecule has 1 aliphatic carbocycles. The lowest BCUT2D eigenvalue weighted by molar-refractivity contribution is -0.145. The summed E-state index contributed by atoms with van der Waals surface area (Å²) < 4.78 is 0. The Hall–Kier alpha value is -0.570. The van der Waals surface area contributed by atoms with Crippen LogP contribution >= 0.6 is 0 Å². The highest BCUT2D eigenvalue weighted by Crippen LogP contribution is 2.29. The number of aliphatic hydroxyl groups is 1. The standard InChI is InChI=1S/C8H14O3/c1-5-4-6(9)2-3-7(5)8(10)11/h5-7,9H,2-4H2,1H3,(H,10,11)/t5-,6?,7-/m0/s1. The van der Waals surface area contributed by atoms with Gasteiger partial charge in [0.15, 0.2) is 0 Å². The second-order valence-electron chi connectivity index (χ2n) is 3.39. The lowest BCUT2D eigenvalue weighted by Gasteiger charge is -2.28. The highest BCUT2D eigenvalue weighted by atomic mass is 16.4. The van der Waals surface area contributed by atoms with Crippen LogP contribution in [0.25, 0.3) is 0 Å². The Morgan fingerprint density at radius 2 is 2.09 bits per heavy atom. The first-order chi connectivity index (χ1) is 5.11. The molecule has 1 unspecified atom stereocenters.